The molecule has 2 heterocycles. The van der Waals surface area contributed by atoms with Crippen molar-refractivity contribution in [2.75, 3.05) is 11.9 Å². The molecule has 14 nitrogen and oxygen atoms in total. The van der Waals surface area contributed by atoms with Crippen LogP contribution in [0.4, 0.5) is 19.1 Å². The first-order chi connectivity index (χ1) is 24.0. The van der Waals surface area contributed by atoms with Crippen LogP contribution in [0.3, 0.4) is 0 Å². The van der Waals surface area contributed by atoms with Gasteiger partial charge in [0.2, 0.25) is 16.0 Å². The van der Waals surface area contributed by atoms with Crippen molar-refractivity contribution in [2.45, 2.75) is 50.5 Å². The van der Waals surface area contributed by atoms with E-state index in [1.807, 2.05) is 37.3 Å². The number of H-pyrrole nitrogens is 1. The molecule has 0 saturated carbocycles. The zero-order chi connectivity index (χ0) is 37.5. The Bertz CT molecular complexity index is 2100. The largest absolute Gasteiger partial charge is 0.490 e. The summed E-state index contributed by atoms with van der Waals surface area (Å²) in [5.74, 6) is -4.12. The van der Waals surface area contributed by atoms with Gasteiger partial charge < -0.3 is 25.8 Å². The second-order valence-corrected chi connectivity index (χ2v) is 12.8. The molecule has 5 rings (SSSR count). The van der Waals surface area contributed by atoms with E-state index in [4.69, 9.17) is 9.90 Å². The maximum absolute atomic E-state index is 13.4. The summed E-state index contributed by atoms with van der Waals surface area (Å²) < 4.78 is 62.5. The van der Waals surface area contributed by atoms with Crippen LogP contribution in [0, 0.1) is 13.8 Å². The number of imidazole rings is 1. The summed E-state index contributed by atoms with van der Waals surface area (Å²) in [4.78, 5) is 41.2. The zero-order valence-electron chi connectivity index (χ0n) is 27.4. The zero-order valence-corrected chi connectivity index (χ0v) is 28.2. The molecule has 2 atom stereocenters. The maximum Gasteiger partial charge on any atom is 0.490 e. The molecule has 0 aliphatic heterocycles. The normalized spacial score (nSPS) is 12.7. The van der Waals surface area contributed by atoms with Crippen molar-refractivity contribution in [3.8, 4) is 11.1 Å². The minimum Gasteiger partial charge on any atom is -0.480 e. The van der Waals surface area contributed by atoms with Gasteiger partial charge in [-0.05, 0) is 60.7 Å². The van der Waals surface area contributed by atoms with Crippen LogP contribution >= 0.6 is 0 Å². The third kappa shape index (κ3) is 9.49. The Morgan fingerprint density at radius 3 is 2.18 bits per heavy atom. The number of nitrogens with zero attached hydrogens (tertiary/aromatic N) is 3. The number of hydrogen-bond acceptors (Lipinski definition) is 8. The molecule has 3 aromatic carbocycles. The number of amides is 1. The van der Waals surface area contributed by atoms with E-state index in [9.17, 15) is 36.3 Å². The van der Waals surface area contributed by atoms with Crippen molar-refractivity contribution >= 4 is 44.7 Å². The Kier molecular flexibility index (Phi) is 11.8. The molecule has 2 aromatic heterocycles. The van der Waals surface area contributed by atoms with Gasteiger partial charge in [-0.1, -0.05) is 49.4 Å². The molecule has 0 spiro atoms. The molecule has 0 saturated heterocycles. The standard InChI is InChI=1S/C31H33N7O5S.C2HF3O2/c1-4-27(36-31-32-12-13-33-31)38-26-11-10-22(16-24(26)17-35-38)29(39)34-18-25(30(40)41)37-44(42,43)28-19(2)14-23(15-20(28)3)21-8-6-5-7-9-21;3-2(4,5)1(6)7/h5-17,25,27,37H,4,18H2,1-3H3,(H,34,39)(H,40,41)(H2,32,33,36);(H,6,7). The van der Waals surface area contributed by atoms with Crippen molar-refractivity contribution in [1.29, 1.82) is 0 Å². The van der Waals surface area contributed by atoms with Gasteiger partial charge in [-0.3, -0.25) is 9.59 Å². The third-order valence-electron chi connectivity index (χ3n) is 7.48. The molecule has 0 bridgehead atoms. The molecular formula is C33H34F3N7O7S. The topological polar surface area (TPSA) is 208 Å². The van der Waals surface area contributed by atoms with Crippen LogP contribution in [-0.4, -0.2) is 75.0 Å². The smallest absolute Gasteiger partial charge is 0.480 e. The lowest BCUT2D eigenvalue weighted by Gasteiger charge is -2.19. The van der Waals surface area contributed by atoms with Gasteiger partial charge in [0.25, 0.3) is 5.91 Å². The van der Waals surface area contributed by atoms with E-state index in [-0.39, 0.29) is 16.6 Å². The molecule has 5 aromatic rings. The quantitative estimate of drug-likeness (QED) is 0.103. The Morgan fingerprint density at radius 2 is 1.63 bits per heavy atom. The lowest BCUT2D eigenvalue weighted by Crippen LogP contribution is -2.48. The molecule has 0 fully saturated rings. The first-order valence-corrected chi connectivity index (χ1v) is 16.7. The Hall–Kier alpha value is -5.75. The number of fused-ring (bicyclic) bond motifs is 1. The van der Waals surface area contributed by atoms with Gasteiger partial charge in [0.1, 0.15) is 12.2 Å². The molecule has 0 radical (unpaired) electrons. The second kappa shape index (κ2) is 15.9. The predicted octanol–water partition coefficient (Wildman–Crippen LogP) is 4.86. The maximum atomic E-state index is 13.4. The summed E-state index contributed by atoms with van der Waals surface area (Å²) in [6.07, 6.45) is 0.436. The average Bonchev–Trinajstić information content (AvgIpc) is 3.75. The minimum atomic E-state index is -5.08. The molecule has 270 valence electrons. The van der Waals surface area contributed by atoms with Gasteiger partial charge in [0, 0.05) is 29.9 Å². The fourth-order valence-electron chi connectivity index (χ4n) is 5.17. The number of anilines is 1. The van der Waals surface area contributed by atoms with Gasteiger partial charge in [0.05, 0.1) is 16.6 Å². The van der Waals surface area contributed by atoms with Gasteiger partial charge >= 0.3 is 18.1 Å². The summed E-state index contributed by atoms with van der Waals surface area (Å²) in [7, 11) is -4.24. The highest BCUT2D eigenvalue weighted by Crippen LogP contribution is 2.28. The Morgan fingerprint density at radius 1 is 0.980 bits per heavy atom. The summed E-state index contributed by atoms with van der Waals surface area (Å²) in [5, 5.41) is 27.9. The minimum absolute atomic E-state index is 0.00383. The first-order valence-electron chi connectivity index (χ1n) is 15.2. The molecule has 1 amide bonds. The number of alkyl halides is 3. The van der Waals surface area contributed by atoms with Gasteiger partial charge in [-0.15, -0.1) is 0 Å². The number of carboxylic acids is 2. The number of halogens is 3. The van der Waals surface area contributed by atoms with E-state index >= 15 is 0 Å². The number of aliphatic carboxylic acids is 2. The highest BCUT2D eigenvalue weighted by Gasteiger charge is 2.38. The number of aromatic amines is 1. The van der Waals surface area contributed by atoms with Crippen molar-refractivity contribution in [3.63, 3.8) is 0 Å². The van der Waals surface area contributed by atoms with Gasteiger partial charge in [-0.25, -0.2) is 22.9 Å². The summed E-state index contributed by atoms with van der Waals surface area (Å²) in [5.41, 5.74) is 3.80. The van der Waals surface area contributed by atoms with Crippen LogP contribution < -0.4 is 15.4 Å². The lowest BCUT2D eigenvalue weighted by atomic mass is 10.0. The van der Waals surface area contributed by atoms with E-state index in [0.717, 1.165) is 16.6 Å². The van der Waals surface area contributed by atoms with E-state index < -0.39 is 46.6 Å². The Balaban J connectivity index is 0.000000755. The van der Waals surface area contributed by atoms with Crippen molar-refractivity contribution in [3.05, 3.63) is 95.9 Å². The number of sulfonamides is 1. The number of hydrogen-bond donors (Lipinski definition) is 6. The Labute approximate surface area is 289 Å². The van der Waals surface area contributed by atoms with E-state index in [0.29, 0.717) is 28.9 Å². The van der Waals surface area contributed by atoms with Crippen LogP contribution in [0.5, 0.6) is 0 Å². The van der Waals surface area contributed by atoms with Crippen LogP contribution in [-0.2, 0) is 19.6 Å². The first kappa shape index (κ1) is 38.1. The molecule has 51 heavy (non-hydrogen) atoms. The average molecular weight is 730 g/mol. The highest BCUT2D eigenvalue weighted by atomic mass is 32.2. The van der Waals surface area contributed by atoms with Crippen molar-refractivity contribution in [2.24, 2.45) is 0 Å². The van der Waals surface area contributed by atoms with E-state index in [1.165, 1.54) is 0 Å². The van der Waals surface area contributed by atoms with Crippen molar-refractivity contribution < 1.29 is 46.2 Å². The molecule has 6 N–H and O–H groups in total. The number of aryl methyl sites for hydroxylation is 2. The number of nitrogens with one attached hydrogen (secondary N) is 4. The third-order valence-corrected chi connectivity index (χ3v) is 9.26. The van der Waals surface area contributed by atoms with Gasteiger partial charge in [-0.2, -0.15) is 23.0 Å². The molecular weight excluding hydrogens is 695 g/mol. The monoisotopic (exact) mass is 729 g/mol. The number of benzene rings is 3. The number of carbonyl (C=O) groups excluding carboxylic acids is 1. The fraction of sp³-hybridized carbons (Fsp3) is 0.242. The molecule has 0 aliphatic carbocycles. The highest BCUT2D eigenvalue weighted by molar-refractivity contribution is 7.89. The second-order valence-electron chi connectivity index (χ2n) is 11.2. The molecule has 2 unspecified atom stereocenters. The van der Waals surface area contributed by atoms with Crippen LogP contribution in [0.2, 0.25) is 0 Å². The lowest BCUT2D eigenvalue weighted by molar-refractivity contribution is -0.192. The number of rotatable bonds is 12. The van der Waals surface area contributed by atoms with E-state index in [1.54, 1.807) is 67.5 Å². The summed E-state index contributed by atoms with van der Waals surface area (Å²) in [6, 6.07) is 16.5. The van der Waals surface area contributed by atoms with Crippen molar-refractivity contribution in [1.82, 2.24) is 29.8 Å². The summed E-state index contributed by atoms with van der Waals surface area (Å²) in [6.45, 7) is 4.88. The summed E-state index contributed by atoms with van der Waals surface area (Å²) >= 11 is 0. The molecule has 0 aliphatic rings. The number of carboxylic acid groups (broad SMARTS) is 2. The van der Waals surface area contributed by atoms with Crippen LogP contribution in [0.15, 0.2) is 84.1 Å². The van der Waals surface area contributed by atoms with E-state index in [2.05, 4.69) is 30.4 Å². The molecule has 18 heteroatoms. The fourth-order valence-corrected chi connectivity index (χ4v) is 6.82. The van der Waals surface area contributed by atoms with Crippen LogP contribution in [0.1, 0.15) is 41.0 Å². The van der Waals surface area contributed by atoms with Gasteiger partial charge in [0.15, 0.2) is 0 Å². The number of aromatic nitrogens is 4. The predicted molar refractivity (Wildman–Crippen MR) is 180 cm³/mol. The van der Waals surface area contributed by atoms with Crippen LogP contribution in [0.25, 0.3) is 22.0 Å². The SMILES string of the molecule is CCC(Nc1ncc[nH]1)n1ncc2cc(C(=O)NCC(NS(=O)(=O)c3c(C)cc(-c4ccccc4)cc3C)C(=O)O)ccc21.O=C(O)C(F)(F)F. The number of carbonyl (C=O) groups is 3.